The number of rotatable bonds is 7. The van der Waals surface area contributed by atoms with E-state index >= 15 is 0 Å². The maximum Gasteiger partial charge on any atom is 0.416 e. The number of piperidine rings is 1. The van der Waals surface area contributed by atoms with Crippen LogP contribution in [0.1, 0.15) is 61.0 Å². The van der Waals surface area contributed by atoms with Crippen LogP contribution in [0, 0.1) is 12.8 Å². The van der Waals surface area contributed by atoms with Crippen LogP contribution in [-0.4, -0.2) is 66.3 Å². The first-order valence-electron chi connectivity index (χ1n) is 13.0. The van der Waals surface area contributed by atoms with Crippen LogP contribution in [-0.2, 0) is 37.4 Å². The molecule has 0 bridgehead atoms. The summed E-state index contributed by atoms with van der Waals surface area (Å²) in [4.78, 5) is 14.5. The lowest BCUT2D eigenvalue weighted by Crippen LogP contribution is -2.48. The molecule has 2 fully saturated rings. The summed E-state index contributed by atoms with van der Waals surface area (Å²) in [6, 6.07) is 6.76. The molecule has 0 radical (unpaired) electrons. The smallest absolute Gasteiger partial charge is 0.416 e. The van der Waals surface area contributed by atoms with Gasteiger partial charge in [-0.2, -0.15) is 21.6 Å². The van der Waals surface area contributed by atoms with Gasteiger partial charge in [-0.05, 0) is 88.3 Å². The highest BCUT2D eigenvalue weighted by Gasteiger charge is 2.45. The van der Waals surface area contributed by atoms with Crippen LogP contribution in [0.5, 0.6) is 5.75 Å². The molecule has 232 valence electrons. The molecule has 0 spiro atoms. The number of benzene rings is 2. The zero-order chi connectivity index (χ0) is 31.7. The molecule has 42 heavy (non-hydrogen) atoms. The number of likely N-dealkylation sites (tertiary alicyclic amines) is 1. The van der Waals surface area contributed by atoms with Gasteiger partial charge < -0.3 is 9.64 Å². The lowest BCUT2D eigenvalue weighted by atomic mass is 9.85. The highest BCUT2D eigenvalue weighted by Crippen LogP contribution is 2.40. The maximum atomic E-state index is 13.5. The molecule has 2 aromatic rings. The normalized spacial score (nSPS) is 16.8. The Hall–Kier alpha value is -2.78. The fraction of sp³-hybridized carbons (Fsp3) is 0.519. The molecule has 2 aliphatic rings. The van der Waals surface area contributed by atoms with E-state index in [9.17, 15) is 34.8 Å². The summed E-state index contributed by atoms with van der Waals surface area (Å²) in [5.41, 5.74) is -0.506. The third-order valence-electron chi connectivity index (χ3n) is 7.64. The average Bonchev–Trinajstić information content (AvgIpc) is 3.71. The van der Waals surface area contributed by atoms with Crippen LogP contribution in [0.3, 0.4) is 0 Å². The molecule has 15 heteroatoms. The number of sulfone groups is 2. The number of amides is 1. The summed E-state index contributed by atoms with van der Waals surface area (Å²) in [5.74, 6) is -0.513. The Morgan fingerprint density at radius 2 is 1.55 bits per heavy atom. The monoisotopic (exact) mass is 651 g/mol. The number of aryl methyl sites for hydroxylation is 1. The molecule has 4 rings (SSSR count). The summed E-state index contributed by atoms with van der Waals surface area (Å²) in [6.45, 7) is 4.99. The van der Waals surface area contributed by atoms with Crippen LogP contribution in [0.15, 0.2) is 46.2 Å². The SMILES string of the molecule is Cc1cc(OC2CC2)cc(S(C)(=O)=O)c1C(=O)N1CCC(C(C)(C)S(=O)(=O)c2cccc(C(F)(F)F)c2)CC1.O=S=O. The third kappa shape index (κ3) is 7.40. The van der Waals surface area contributed by atoms with E-state index in [0.717, 1.165) is 37.3 Å². The van der Waals surface area contributed by atoms with Gasteiger partial charge in [0.15, 0.2) is 19.7 Å². The number of halogens is 3. The second kappa shape index (κ2) is 12.4. The minimum Gasteiger partial charge on any atom is -0.490 e. The molecule has 1 saturated carbocycles. The van der Waals surface area contributed by atoms with Gasteiger partial charge in [0.2, 0.25) is 0 Å². The van der Waals surface area contributed by atoms with Crippen molar-refractivity contribution >= 4 is 37.2 Å². The van der Waals surface area contributed by atoms with Crippen LogP contribution in [0.4, 0.5) is 13.2 Å². The zero-order valence-corrected chi connectivity index (χ0v) is 25.9. The Kier molecular flexibility index (Phi) is 9.99. The van der Waals surface area contributed by atoms with Gasteiger partial charge in [0.1, 0.15) is 5.75 Å². The van der Waals surface area contributed by atoms with Gasteiger partial charge in [0.25, 0.3) is 5.91 Å². The predicted octanol–water partition coefficient (Wildman–Crippen LogP) is 4.39. The fourth-order valence-corrected chi connectivity index (χ4v) is 7.81. The Morgan fingerprint density at radius 1 is 0.976 bits per heavy atom. The summed E-state index contributed by atoms with van der Waals surface area (Å²) < 4.78 is 113. The van der Waals surface area contributed by atoms with Crippen molar-refractivity contribution in [2.24, 2.45) is 5.92 Å². The van der Waals surface area contributed by atoms with Gasteiger partial charge in [-0.25, -0.2) is 16.8 Å². The highest BCUT2D eigenvalue weighted by molar-refractivity contribution is 7.92. The van der Waals surface area contributed by atoms with E-state index in [2.05, 4.69) is 0 Å². The van der Waals surface area contributed by atoms with E-state index in [1.54, 1.807) is 13.0 Å². The van der Waals surface area contributed by atoms with Crippen molar-refractivity contribution in [3.8, 4) is 5.75 Å². The second-order valence-electron chi connectivity index (χ2n) is 11.0. The van der Waals surface area contributed by atoms with E-state index in [1.807, 2.05) is 0 Å². The number of alkyl halides is 3. The van der Waals surface area contributed by atoms with Crippen LogP contribution in [0.2, 0.25) is 0 Å². The van der Waals surface area contributed by atoms with Crippen molar-refractivity contribution in [2.75, 3.05) is 19.3 Å². The van der Waals surface area contributed by atoms with Gasteiger partial charge in [-0.3, -0.25) is 4.79 Å². The van der Waals surface area contributed by atoms with Crippen molar-refractivity contribution in [2.45, 2.75) is 73.3 Å². The van der Waals surface area contributed by atoms with Crippen molar-refractivity contribution in [1.29, 1.82) is 0 Å². The van der Waals surface area contributed by atoms with Gasteiger partial charge in [-0.1, -0.05) is 6.07 Å². The topological polar surface area (TPSA) is 132 Å². The Balaban J connectivity index is 0.00000155. The quantitative estimate of drug-likeness (QED) is 0.431. The zero-order valence-electron chi connectivity index (χ0n) is 23.4. The lowest BCUT2D eigenvalue weighted by molar-refractivity contribution is -0.137. The molecular formula is C27H32F3NO8S3. The molecule has 1 amide bonds. The number of carbonyl (C=O) groups excluding carboxylic acids is 1. The van der Waals surface area contributed by atoms with E-state index in [4.69, 9.17) is 13.2 Å². The molecule has 0 aromatic heterocycles. The first kappa shape index (κ1) is 33.7. The number of carbonyl (C=O) groups is 1. The molecule has 1 heterocycles. The van der Waals surface area contributed by atoms with Crippen molar-refractivity contribution in [3.05, 3.63) is 53.1 Å². The first-order valence-corrected chi connectivity index (χ1v) is 17.0. The molecule has 2 aromatic carbocycles. The molecular weight excluding hydrogens is 619 g/mol. The number of nitrogens with zero attached hydrogens (tertiary/aromatic N) is 1. The minimum atomic E-state index is -4.67. The van der Waals surface area contributed by atoms with Crippen LogP contribution >= 0.6 is 0 Å². The van der Waals surface area contributed by atoms with Crippen LogP contribution < -0.4 is 4.74 Å². The number of ether oxygens (including phenoxy) is 1. The minimum absolute atomic E-state index is 0.0490. The van der Waals surface area contributed by atoms with Gasteiger partial charge in [-0.15, -0.1) is 0 Å². The van der Waals surface area contributed by atoms with Gasteiger partial charge in [0, 0.05) is 19.3 Å². The van der Waals surface area contributed by atoms with Crippen LogP contribution in [0.25, 0.3) is 0 Å². The molecule has 9 nitrogen and oxygen atoms in total. The summed E-state index contributed by atoms with van der Waals surface area (Å²) in [7, 11) is -7.91. The maximum absolute atomic E-state index is 13.5. The standard InChI is InChI=1S/C27H32F3NO6S2.O2S/c1-17-14-21(37-20-8-9-20)16-23(38(4,33)34)24(17)25(32)31-12-10-18(11-13-31)26(2,3)39(35,36)22-7-5-6-19(15-22)27(28,29)30;1-3-2/h5-7,14-16,18,20H,8-13H2,1-4H3;. The van der Waals surface area contributed by atoms with E-state index < -0.39 is 64.5 Å². The first-order chi connectivity index (χ1) is 19.3. The average molecular weight is 652 g/mol. The molecule has 1 saturated heterocycles. The Morgan fingerprint density at radius 3 is 2.05 bits per heavy atom. The molecule has 1 aliphatic carbocycles. The Labute approximate surface area is 246 Å². The van der Waals surface area contributed by atoms with Gasteiger partial charge >= 0.3 is 17.7 Å². The predicted molar refractivity (Wildman–Crippen MR) is 148 cm³/mol. The number of hydrogen-bond acceptors (Lipinski definition) is 8. The largest absolute Gasteiger partial charge is 0.490 e. The lowest BCUT2D eigenvalue weighted by Gasteiger charge is -2.40. The van der Waals surface area contributed by atoms with E-state index in [0.29, 0.717) is 17.4 Å². The van der Waals surface area contributed by atoms with Gasteiger partial charge in [0.05, 0.1) is 31.8 Å². The van der Waals surface area contributed by atoms with Crippen molar-refractivity contribution in [3.63, 3.8) is 0 Å². The van der Waals surface area contributed by atoms with Crippen molar-refractivity contribution < 1.29 is 48.0 Å². The molecule has 0 atom stereocenters. The summed E-state index contributed by atoms with van der Waals surface area (Å²) >= 11 is -0.750. The second-order valence-corrected chi connectivity index (χ2v) is 15.6. The number of hydrogen-bond donors (Lipinski definition) is 0. The van der Waals surface area contributed by atoms with E-state index in [1.165, 1.54) is 24.8 Å². The van der Waals surface area contributed by atoms with E-state index in [-0.39, 0.29) is 42.5 Å². The molecule has 1 aliphatic heterocycles. The third-order valence-corrected chi connectivity index (χ3v) is 11.4. The molecule has 0 N–H and O–H groups in total. The fourth-order valence-electron chi connectivity index (χ4n) is 5.03. The summed E-state index contributed by atoms with van der Waals surface area (Å²) in [6.07, 6.45) is -1.24. The van der Waals surface area contributed by atoms with Crippen molar-refractivity contribution in [1.82, 2.24) is 4.90 Å². The highest BCUT2D eigenvalue weighted by atomic mass is 32.2. The summed E-state index contributed by atoms with van der Waals surface area (Å²) in [5, 5.41) is 0. The molecule has 0 unspecified atom stereocenters. The Bertz CT molecular complexity index is 1590.